The summed E-state index contributed by atoms with van der Waals surface area (Å²) < 4.78 is 12.9. The molecule has 0 aliphatic carbocycles. The van der Waals surface area contributed by atoms with Crippen LogP contribution < -0.4 is 4.74 Å². The van der Waals surface area contributed by atoms with Crippen molar-refractivity contribution < 1.29 is 13.9 Å². The van der Waals surface area contributed by atoms with Crippen molar-refractivity contribution in [2.45, 2.75) is 25.2 Å². The highest BCUT2D eigenvalue weighted by Crippen LogP contribution is 2.32. The Kier molecular flexibility index (Phi) is 4.69. The van der Waals surface area contributed by atoms with Gasteiger partial charge in [-0.1, -0.05) is 13.8 Å². The van der Waals surface area contributed by atoms with E-state index in [4.69, 9.17) is 24.8 Å². The number of benzene rings is 1. The maximum atomic E-state index is 11.6. The third kappa shape index (κ3) is 3.30. The number of fused-ring (bicyclic) bond motifs is 1. The van der Waals surface area contributed by atoms with Crippen LogP contribution in [0.25, 0.3) is 16.9 Å². The fourth-order valence-electron chi connectivity index (χ4n) is 3.08. The molecule has 4 rings (SSSR count). The van der Waals surface area contributed by atoms with E-state index in [-0.39, 0.29) is 22.8 Å². The Balaban J connectivity index is 1.79. The fourth-order valence-corrected chi connectivity index (χ4v) is 3.08. The lowest BCUT2D eigenvalue weighted by atomic mass is 9.61. The Morgan fingerprint density at radius 3 is 2.83 bits per heavy atom. The Bertz CT molecular complexity index is 1190. The number of rotatable bonds is 6. The highest BCUT2D eigenvalue weighted by atomic mass is 16.5. The summed E-state index contributed by atoms with van der Waals surface area (Å²) in [5.41, 5.74) is 1.27. The minimum absolute atomic E-state index is 0.134. The topological polar surface area (TPSA) is 95.9 Å². The van der Waals surface area contributed by atoms with E-state index in [9.17, 15) is 4.79 Å². The molecule has 4 radical (unpaired) electrons. The predicted molar refractivity (Wildman–Crippen MR) is 106 cm³/mol. The summed E-state index contributed by atoms with van der Waals surface area (Å²) in [7, 11) is 12.7. The molecule has 0 N–H and O–H groups in total. The maximum absolute atomic E-state index is 11.6. The molecule has 1 aromatic carbocycles. The van der Waals surface area contributed by atoms with Gasteiger partial charge in [0.1, 0.15) is 50.5 Å². The quantitative estimate of drug-likeness (QED) is 0.372. The molecule has 0 spiro atoms. The normalized spacial score (nSPS) is 11.8. The number of carbonyl (C=O) groups excluding carboxylic acids is 1. The van der Waals surface area contributed by atoms with E-state index >= 15 is 0 Å². The molecular formula is C19H15B2N5O3. The van der Waals surface area contributed by atoms with E-state index in [2.05, 4.69) is 19.9 Å². The van der Waals surface area contributed by atoms with Crippen molar-refractivity contribution in [1.82, 2.24) is 24.5 Å². The number of hydrogen-bond acceptors (Lipinski definition) is 7. The van der Waals surface area contributed by atoms with E-state index in [0.717, 1.165) is 5.82 Å². The molecule has 10 heteroatoms. The Morgan fingerprint density at radius 2 is 2.07 bits per heavy atom. The Hall–Kier alpha value is -3.42. The second-order valence-electron chi connectivity index (χ2n) is 6.76. The average Bonchev–Trinajstić information content (AvgIpc) is 3.37. The summed E-state index contributed by atoms with van der Waals surface area (Å²) in [4.78, 5) is 28.4. The third-order valence-corrected chi connectivity index (χ3v) is 4.42. The molecule has 3 aromatic heterocycles. The van der Waals surface area contributed by atoms with Crippen molar-refractivity contribution >= 4 is 33.1 Å². The van der Waals surface area contributed by atoms with Gasteiger partial charge in [-0.2, -0.15) is 0 Å². The zero-order chi connectivity index (χ0) is 20.6. The van der Waals surface area contributed by atoms with Gasteiger partial charge >= 0.3 is 0 Å². The van der Waals surface area contributed by atoms with Gasteiger partial charge < -0.3 is 9.15 Å². The first-order chi connectivity index (χ1) is 13.9. The van der Waals surface area contributed by atoms with E-state index in [0.29, 0.717) is 23.2 Å². The van der Waals surface area contributed by atoms with Gasteiger partial charge in [-0.05, 0) is 12.1 Å². The maximum Gasteiger partial charge on any atom is 0.182 e. The first kappa shape index (κ1) is 18.9. The van der Waals surface area contributed by atoms with Gasteiger partial charge in [0.25, 0.3) is 0 Å². The molecule has 0 aliphatic heterocycles. The molecule has 4 aromatic rings. The molecule has 0 fully saturated rings. The number of ether oxygens (including phenoxy) is 1. The monoisotopic (exact) mass is 383 g/mol. The van der Waals surface area contributed by atoms with Gasteiger partial charge in [0.2, 0.25) is 0 Å². The van der Waals surface area contributed by atoms with Crippen molar-refractivity contribution in [1.29, 1.82) is 0 Å². The molecule has 8 nitrogen and oxygen atoms in total. The van der Waals surface area contributed by atoms with Crippen LogP contribution in [0.15, 0.2) is 47.9 Å². The zero-order valence-corrected chi connectivity index (χ0v) is 15.8. The lowest BCUT2D eigenvalue weighted by Gasteiger charge is -2.30. The van der Waals surface area contributed by atoms with Crippen LogP contribution in [0, 0.1) is 0 Å². The molecular weight excluding hydrogens is 368 g/mol. The number of hydrogen-bond donors (Lipinski definition) is 0. The van der Waals surface area contributed by atoms with Crippen LogP contribution in [-0.4, -0.2) is 46.5 Å². The van der Waals surface area contributed by atoms with Crippen LogP contribution in [0.2, 0.25) is 0 Å². The molecule has 0 aliphatic rings. The summed E-state index contributed by atoms with van der Waals surface area (Å²) in [6, 6.07) is 3.20. The lowest BCUT2D eigenvalue weighted by molar-refractivity contribution is 0.111. The number of aromatic nitrogens is 5. The van der Waals surface area contributed by atoms with Crippen LogP contribution in [0.3, 0.4) is 0 Å². The first-order valence-electron chi connectivity index (χ1n) is 8.84. The van der Waals surface area contributed by atoms with Crippen molar-refractivity contribution in [3.8, 4) is 11.6 Å². The highest BCUT2D eigenvalue weighted by Gasteiger charge is 2.29. The average molecular weight is 383 g/mol. The number of aldehydes is 1. The highest BCUT2D eigenvalue weighted by molar-refractivity contribution is 6.39. The van der Waals surface area contributed by atoms with Crippen molar-refractivity contribution in [3.63, 3.8) is 0 Å². The van der Waals surface area contributed by atoms with Crippen LogP contribution in [0.5, 0.6) is 5.75 Å². The second kappa shape index (κ2) is 7.20. The summed E-state index contributed by atoms with van der Waals surface area (Å²) >= 11 is 0. The molecule has 0 unspecified atom stereocenters. The minimum atomic E-state index is -1.85. The first-order valence-corrected chi connectivity index (χ1v) is 8.84. The lowest BCUT2D eigenvalue weighted by Crippen LogP contribution is -2.36. The molecule has 140 valence electrons. The smallest absolute Gasteiger partial charge is 0.182 e. The number of oxazole rings is 1. The Morgan fingerprint density at radius 1 is 1.24 bits per heavy atom. The van der Waals surface area contributed by atoms with Crippen molar-refractivity contribution in [2.24, 2.45) is 0 Å². The van der Waals surface area contributed by atoms with Gasteiger partial charge in [-0.25, -0.2) is 19.9 Å². The van der Waals surface area contributed by atoms with Crippen LogP contribution in [0.4, 0.5) is 0 Å². The molecule has 29 heavy (non-hydrogen) atoms. The standard InChI is InChI=1S/C19H15B2N5O3/c1-11(2)17-23-5-6-26(17)18-13(7-22-9-24-18)19(20,21)29-15-4-3-14-16(12(15)8-27)28-10-25-14/h3-11H,1-2H3. The molecule has 0 saturated carbocycles. The SMILES string of the molecule is [B]C([B])(Oc1ccc2ncoc2c1C=O)c1cncnc1-n1ccnc1C(C)C. The van der Waals surface area contributed by atoms with Gasteiger partial charge in [-0.3, -0.25) is 9.36 Å². The fraction of sp³-hybridized carbons (Fsp3) is 0.211. The minimum Gasteiger partial charge on any atom is -0.501 e. The summed E-state index contributed by atoms with van der Waals surface area (Å²) in [6.07, 6.45) is 8.13. The third-order valence-electron chi connectivity index (χ3n) is 4.42. The molecule has 0 saturated heterocycles. The van der Waals surface area contributed by atoms with Gasteiger partial charge in [0, 0.05) is 30.1 Å². The van der Waals surface area contributed by atoms with Crippen molar-refractivity contribution in [3.05, 3.63) is 60.4 Å². The summed E-state index contributed by atoms with van der Waals surface area (Å²) in [6.45, 7) is 4.02. The van der Waals surface area contributed by atoms with E-state index in [1.54, 1.807) is 29.1 Å². The van der Waals surface area contributed by atoms with E-state index in [1.807, 2.05) is 13.8 Å². The molecule has 0 amide bonds. The molecule has 0 atom stereocenters. The number of nitrogens with zero attached hydrogens (tertiary/aromatic N) is 5. The summed E-state index contributed by atoms with van der Waals surface area (Å²) in [5, 5.41) is -1.85. The molecule has 3 heterocycles. The largest absolute Gasteiger partial charge is 0.501 e. The van der Waals surface area contributed by atoms with E-state index in [1.165, 1.54) is 18.9 Å². The van der Waals surface area contributed by atoms with Gasteiger partial charge in [-0.15, -0.1) is 0 Å². The number of carbonyl (C=O) groups is 1. The van der Waals surface area contributed by atoms with Crippen LogP contribution >= 0.6 is 0 Å². The van der Waals surface area contributed by atoms with E-state index < -0.39 is 5.40 Å². The van der Waals surface area contributed by atoms with Crippen LogP contribution in [0.1, 0.15) is 41.5 Å². The van der Waals surface area contributed by atoms with Gasteiger partial charge in [0.05, 0.1) is 5.40 Å². The number of imidazole rings is 1. The van der Waals surface area contributed by atoms with Crippen molar-refractivity contribution in [2.75, 3.05) is 0 Å². The predicted octanol–water partition coefficient (Wildman–Crippen LogP) is 2.27. The van der Waals surface area contributed by atoms with Crippen LogP contribution in [-0.2, 0) is 5.40 Å². The molecule has 0 bridgehead atoms. The summed E-state index contributed by atoms with van der Waals surface area (Å²) in [5.74, 6) is 1.49. The second-order valence-corrected chi connectivity index (χ2v) is 6.76. The zero-order valence-electron chi connectivity index (χ0n) is 15.8. The van der Waals surface area contributed by atoms with Gasteiger partial charge in [0.15, 0.2) is 18.3 Å². The Labute approximate surface area is 169 Å².